The highest BCUT2D eigenvalue weighted by Crippen LogP contribution is 2.31. The Kier molecular flexibility index (Phi) is 7.35. The van der Waals surface area contributed by atoms with Crippen LogP contribution < -0.4 is 5.73 Å². The van der Waals surface area contributed by atoms with Gasteiger partial charge in [0.1, 0.15) is 0 Å². The van der Waals surface area contributed by atoms with Gasteiger partial charge in [-0.05, 0) is 24.8 Å². The van der Waals surface area contributed by atoms with E-state index in [1.54, 1.807) is 0 Å². The molecule has 2 N–H and O–H groups in total. The van der Waals surface area contributed by atoms with Crippen molar-refractivity contribution in [3.63, 3.8) is 0 Å². The monoisotopic (exact) mass is 185 g/mol. The van der Waals surface area contributed by atoms with Gasteiger partial charge in [-0.1, -0.05) is 52.9 Å². The zero-order chi connectivity index (χ0) is 10.2. The number of hydrogen-bond donors (Lipinski definition) is 1. The second-order valence-electron chi connectivity index (χ2n) is 4.47. The molecular weight excluding hydrogens is 158 g/mol. The van der Waals surface area contributed by atoms with E-state index in [4.69, 9.17) is 5.73 Å². The molecule has 0 saturated heterocycles. The molecule has 0 fully saturated rings. The fourth-order valence-corrected chi connectivity index (χ4v) is 1.65. The van der Waals surface area contributed by atoms with Gasteiger partial charge in [0, 0.05) is 0 Å². The van der Waals surface area contributed by atoms with Gasteiger partial charge in [0.25, 0.3) is 0 Å². The molecule has 0 saturated carbocycles. The molecule has 0 aromatic rings. The first-order valence-electron chi connectivity index (χ1n) is 5.88. The lowest BCUT2D eigenvalue weighted by atomic mass is 9.80. The normalized spacial score (nSPS) is 12.0. The fourth-order valence-electron chi connectivity index (χ4n) is 1.65. The Morgan fingerprint density at radius 3 is 1.92 bits per heavy atom. The topological polar surface area (TPSA) is 26.0 Å². The Bertz CT molecular complexity index is 106. The standard InChI is InChI=1S/C12H27N/c1-4-12(3,5-2)10-8-6-7-9-11-13/h4-11,13H2,1-3H3. The molecule has 0 rings (SSSR count). The van der Waals surface area contributed by atoms with Crippen molar-refractivity contribution in [2.24, 2.45) is 11.1 Å². The summed E-state index contributed by atoms with van der Waals surface area (Å²) in [5.74, 6) is 0. The molecule has 1 nitrogen and oxygen atoms in total. The number of nitrogens with two attached hydrogens (primary N) is 1. The molecular formula is C12H27N. The lowest BCUT2D eigenvalue weighted by Crippen LogP contribution is -2.13. The Morgan fingerprint density at radius 2 is 1.46 bits per heavy atom. The first-order valence-corrected chi connectivity index (χ1v) is 5.88. The maximum Gasteiger partial charge on any atom is -0.00773 e. The highest BCUT2D eigenvalue weighted by atomic mass is 14.5. The molecule has 0 aliphatic rings. The van der Waals surface area contributed by atoms with Crippen LogP contribution in [0.1, 0.15) is 65.7 Å². The second-order valence-corrected chi connectivity index (χ2v) is 4.47. The molecule has 0 aliphatic carbocycles. The first-order chi connectivity index (χ1) is 6.18. The van der Waals surface area contributed by atoms with E-state index < -0.39 is 0 Å². The molecule has 0 heterocycles. The molecule has 0 atom stereocenters. The molecule has 13 heavy (non-hydrogen) atoms. The number of rotatable bonds is 8. The summed E-state index contributed by atoms with van der Waals surface area (Å²) in [6.07, 6.45) is 9.31. The summed E-state index contributed by atoms with van der Waals surface area (Å²) in [4.78, 5) is 0. The van der Waals surface area contributed by atoms with E-state index in [9.17, 15) is 0 Å². The summed E-state index contributed by atoms with van der Waals surface area (Å²) >= 11 is 0. The van der Waals surface area contributed by atoms with Crippen LogP contribution in [0.2, 0.25) is 0 Å². The predicted molar refractivity (Wildman–Crippen MR) is 60.8 cm³/mol. The van der Waals surface area contributed by atoms with Crippen LogP contribution in [0.4, 0.5) is 0 Å². The predicted octanol–water partition coefficient (Wildman–Crippen LogP) is 3.72. The van der Waals surface area contributed by atoms with Crippen LogP contribution in [0.3, 0.4) is 0 Å². The SMILES string of the molecule is CCC(C)(CC)CCCCCCN. The minimum absolute atomic E-state index is 0.600. The molecule has 80 valence electrons. The van der Waals surface area contributed by atoms with Gasteiger partial charge in [-0.2, -0.15) is 0 Å². The largest absolute Gasteiger partial charge is 0.330 e. The van der Waals surface area contributed by atoms with E-state index in [2.05, 4.69) is 20.8 Å². The first kappa shape index (κ1) is 13.0. The van der Waals surface area contributed by atoms with Crippen LogP contribution in [0.5, 0.6) is 0 Å². The highest BCUT2D eigenvalue weighted by Gasteiger charge is 2.18. The van der Waals surface area contributed by atoms with E-state index in [1.165, 1.54) is 44.9 Å². The van der Waals surface area contributed by atoms with E-state index >= 15 is 0 Å². The smallest absolute Gasteiger partial charge is 0.00773 e. The summed E-state index contributed by atoms with van der Waals surface area (Å²) in [5.41, 5.74) is 6.05. The average Bonchev–Trinajstić information content (AvgIpc) is 2.17. The summed E-state index contributed by atoms with van der Waals surface area (Å²) < 4.78 is 0. The van der Waals surface area contributed by atoms with Gasteiger partial charge < -0.3 is 5.73 Å². The maximum atomic E-state index is 5.45. The van der Waals surface area contributed by atoms with Crippen LogP contribution in [0.25, 0.3) is 0 Å². The van der Waals surface area contributed by atoms with Crippen LogP contribution in [-0.2, 0) is 0 Å². The van der Waals surface area contributed by atoms with Crippen molar-refractivity contribution < 1.29 is 0 Å². The van der Waals surface area contributed by atoms with Crippen molar-refractivity contribution in [1.29, 1.82) is 0 Å². The highest BCUT2D eigenvalue weighted by molar-refractivity contribution is 4.70. The molecule has 0 aromatic heterocycles. The Morgan fingerprint density at radius 1 is 0.923 bits per heavy atom. The van der Waals surface area contributed by atoms with E-state index in [-0.39, 0.29) is 0 Å². The van der Waals surface area contributed by atoms with Gasteiger partial charge in [-0.3, -0.25) is 0 Å². The Balaban J connectivity index is 3.39. The number of hydrogen-bond acceptors (Lipinski definition) is 1. The van der Waals surface area contributed by atoms with Gasteiger partial charge in [0.15, 0.2) is 0 Å². The van der Waals surface area contributed by atoms with Crippen molar-refractivity contribution in [2.75, 3.05) is 6.54 Å². The molecule has 0 spiro atoms. The van der Waals surface area contributed by atoms with Crippen molar-refractivity contribution in [2.45, 2.75) is 65.7 Å². The second kappa shape index (κ2) is 7.37. The number of unbranched alkanes of at least 4 members (excludes halogenated alkanes) is 3. The summed E-state index contributed by atoms with van der Waals surface area (Å²) in [6, 6.07) is 0. The minimum Gasteiger partial charge on any atom is -0.330 e. The third-order valence-electron chi connectivity index (χ3n) is 3.44. The fraction of sp³-hybridized carbons (Fsp3) is 1.00. The van der Waals surface area contributed by atoms with Crippen LogP contribution in [0, 0.1) is 5.41 Å². The van der Waals surface area contributed by atoms with Crippen molar-refractivity contribution in [3.8, 4) is 0 Å². The molecule has 0 aliphatic heterocycles. The average molecular weight is 185 g/mol. The lowest BCUT2D eigenvalue weighted by Gasteiger charge is -2.26. The zero-order valence-electron chi connectivity index (χ0n) is 9.73. The molecule has 0 radical (unpaired) electrons. The van der Waals surface area contributed by atoms with Gasteiger partial charge in [-0.15, -0.1) is 0 Å². The third-order valence-corrected chi connectivity index (χ3v) is 3.44. The summed E-state index contributed by atoms with van der Waals surface area (Å²) in [7, 11) is 0. The van der Waals surface area contributed by atoms with E-state index in [0.717, 1.165) is 6.54 Å². The molecule has 0 amide bonds. The Labute approximate surface area is 84.1 Å². The third kappa shape index (κ3) is 6.09. The van der Waals surface area contributed by atoms with Crippen LogP contribution in [0.15, 0.2) is 0 Å². The van der Waals surface area contributed by atoms with Crippen LogP contribution >= 0.6 is 0 Å². The summed E-state index contributed by atoms with van der Waals surface area (Å²) in [6.45, 7) is 7.89. The van der Waals surface area contributed by atoms with Gasteiger partial charge >= 0.3 is 0 Å². The maximum absolute atomic E-state index is 5.45. The summed E-state index contributed by atoms with van der Waals surface area (Å²) in [5, 5.41) is 0. The van der Waals surface area contributed by atoms with E-state index in [0.29, 0.717) is 5.41 Å². The zero-order valence-corrected chi connectivity index (χ0v) is 9.73. The molecule has 0 bridgehead atoms. The Hall–Kier alpha value is -0.0400. The lowest BCUT2D eigenvalue weighted by molar-refractivity contribution is 0.262. The van der Waals surface area contributed by atoms with Crippen LogP contribution in [-0.4, -0.2) is 6.54 Å². The minimum atomic E-state index is 0.600. The van der Waals surface area contributed by atoms with Gasteiger partial charge in [0.05, 0.1) is 0 Å². The van der Waals surface area contributed by atoms with E-state index in [1.807, 2.05) is 0 Å². The molecule has 0 aromatic carbocycles. The van der Waals surface area contributed by atoms with Crippen molar-refractivity contribution >= 4 is 0 Å². The van der Waals surface area contributed by atoms with Gasteiger partial charge in [-0.25, -0.2) is 0 Å². The quantitative estimate of drug-likeness (QED) is 0.573. The van der Waals surface area contributed by atoms with Crippen molar-refractivity contribution in [3.05, 3.63) is 0 Å². The van der Waals surface area contributed by atoms with Gasteiger partial charge in [0.2, 0.25) is 0 Å². The van der Waals surface area contributed by atoms with Crippen molar-refractivity contribution in [1.82, 2.24) is 0 Å². The molecule has 1 heteroatoms. The molecule has 0 unspecified atom stereocenters.